The molecule has 0 aromatic heterocycles. The maximum Gasteiger partial charge on any atom is 0.131 e. The Kier molecular flexibility index (Phi) is 5.32. The van der Waals surface area contributed by atoms with Gasteiger partial charge in [0.2, 0.25) is 0 Å². The highest BCUT2D eigenvalue weighted by atomic mass is 16.1. The molecular weight excluding hydrogens is 224 g/mol. The summed E-state index contributed by atoms with van der Waals surface area (Å²) in [6, 6.07) is 0.301. The van der Waals surface area contributed by atoms with Gasteiger partial charge in [0.05, 0.1) is 0 Å². The monoisotopic (exact) mass is 248 g/mol. The van der Waals surface area contributed by atoms with Gasteiger partial charge in [0.25, 0.3) is 0 Å². The van der Waals surface area contributed by atoms with Crippen molar-refractivity contribution >= 4 is 11.6 Å². The Hall–Kier alpha value is -1.38. The predicted octanol–water partition coefficient (Wildman–Crippen LogP) is 3.33. The Bertz CT molecular complexity index is 393. The van der Waals surface area contributed by atoms with E-state index in [1.165, 1.54) is 0 Å². The molecule has 1 aliphatic rings. The lowest BCUT2D eigenvalue weighted by Gasteiger charge is -2.28. The molecule has 1 fully saturated rings. The lowest BCUT2D eigenvalue weighted by atomic mass is 10.1. The van der Waals surface area contributed by atoms with E-state index in [0.29, 0.717) is 12.5 Å². The van der Waals surface area contributed by atoms with Crippen molar-refractivity contribution in [2.45, 2.75) is 53.0 Å². The number of amidine groups is 1. The smallest absolute Gasteiger partial charge is 0.131 e. The fourth-order valence-electron chi connectivity index (χ4n) is 2.35. The molecule has 1 atom stereocenters. The molecule has 0 spiro atoms. The van der Waals surface area contributed by atoms with E-state index in [1.807, 2.05) is 13.8 Å². The molecule has 0 aromatic rings. The zero-order valence-electron chi connectivity index (χ0n) is 12.0. The molecule has 1 heterocycles. The Morgan fingerprint density at radius 2 is 2.11 bits per heavy atom. The molecule has 0 N–H and O–H groups in total. The topological polar surface area (TPSA) is 32.7 Å². The first-order chi connectivity index (χ1) is 8.45. The van der Waals surface area contributed by atoms with Crippen LogP contribution in [0.1, 0.15) is 47.0 Å². The minimum atomic E-state index is 0.250. The van der Waals surface area contributed by atoms with Crippen LogP contribution in [0.5, 0.6) is 0 Å². The zero-order valence-corrected chi connectivity index (χ0v) is 12.0. The second kappa shape index (κ2) is 6.53. The normalized spacial score (nSPS) is 21.3. The quantitative estimate of drug-likeness (QED) is 0.564. The average Bonchev–Trinajstić information content (AvgIpc) is 2.71. The summed E-state index contributed by atoms with van der Waals surface area (Å²) in [5.74, 6) is 1.23. The third kappa shape index (κ3) is 3.83. The van der Waals surface area contributed by atoms with Crippen LogP contribution in [0.4, 0.5) is 0 Å². The van der Waals surface area contributed by atoms with Gasteiger partial charge >= 0.3 is 0 Å². The molecule has 0 amide bonds. The number of rotatable bonds is 4. The van der Waals surface area contributed by atoms with Crippen LogP contribution < -0.4 is 0 Å². The van der Waals surface area contributed by atoms with Crippen molar-refractivity contribution in [2.24, 2.45) is 4.99 Å². The summed E-state index contributed by atoms with van der Waals surface area (Å²) in [6.45, 7) is 12.5. The third-order valence-electron chi connectivity index (χ3n) is 3.25. The van der Waals surface area contributed by atoms with Crippen molar-refractivity contribution in [3.63, 3.8) is 0 Å². The van der Waals surface area contributed by atoms with Crippen LogP contribution in [0.25, 0.3) is 0 Å². The molecule has 1 saturated heterocycles. The highest BCUT2D eigenvalue weighted by molar-refractivity contribution is 5.99. The van der Waals surface area contributed by atoms with Gasteiger partial charge in [-0.25, -0.2) is 4.99 Å². The maximum atomic E-state index is 11.3. The van der Waals surface area contributed by atoms with Gasteiger partial charge in [0.1, 0.15) is 11.6 Å². The highest BCUT2D eigenvalue weighted by Gasteiger charge is 2.28. The first-order valence-corrected chi connectivity index (χ1v) is 6.59. The molecule has 3 heteroatoms. The third-order valence-corrected chi connectivity index (χ3v) is 3.25. The summed E-state index contributed by atoms with van der Waals surface area (Å²) >= 11 is 0. The van der Waals surface area contributed by atoms with E-state index in [0.717, 1.165) is 36.5 Å². The van der Waals surface area contributed by atoms with Gasteiger partial charge < -0.3 is 4.90 Å². The second-order valence-electron chi connectivity index (χ2n) is 5.04. The van der Waals surface area contributed by atoms with Gasteiger partial charge in [-0.2, -0.15) is 0 Å². The molecule has 0 aliphatic carbocycles. The van der Waals surface area contributed by atoms with E-state index >= 15 is 0 Å². The Morgan fingerprint density at radius 3 is 2.61 bits per heavy atom. The van der Waals surface area contributed by atoms with E-state index in [2.05, 4.69) is 29.5 Å². The van der Waals surface area contributed by atoms with Gasteiger partial charge in [0.15, 0.2) is 0 Å². The molecular formula is C15H24N2O. The fourth-order valence-corrected chi connectivity index (χ4v) is 2.35. The number of ketones is 1. The van der Waals surface area contributed by atoms with Crippen molar-refractivity contribution < 1.29 is 4.79 Å². The van der Waals surface area contributed by atoms with Crippen molar-refractivity contribution in [2.75, 3.05) is 6.54 Å². The largest absolute Gasteiger partial charge is 0.353 e. The average molecular weight is 248 g/mol. The molecule has 0 unspecified atom stereocenters. The summed E-state index contributed by atoms with van der Waals surface area (Å²) in [6.07, 6.45) is 4.88. The molecule has 100 valence electrons. The Labute approximate surface area is 110 Å². The number of hydrogen-bond donors (Lipinski definition) is 0. The van der Waals surface area contributed by atoms with Crippen molar-refractivity contribution in [3.05, 3.63) is 23.9 Å². The first-order valence-electron chi connectivity index (χ1n) is 6.59. The van der Waals surface area contributed by atoms with Crippen LogP contribution in [0.15, 0.2) is 28.9 Å². The van der Waals surface area contributed by atoms with E-state index in [-0.39, 0.29) is 5.78 Å². The van der Waals surface area contributed by atoms with Crippen LogP contribution in [-0.4, -0.2) is 29.1 Å². The van der Waals surface area contributed by atoms with Gasteiger partial charge in [-0.05, 0) is 46.1 Å². The molecule has 0 bridgehead atoms. The SMILES string of the molecule is C=C(C)N=C(/C(C)=C\C)N1CCC[C@H]1CC(C)=O. The van der Waals surface area contributed by atoms with E-state index in [9.17, 15) is 4.79 Å². The minimum Gasteiger partial charge on any atom is -0.353 e. The number of carbonyl (C=O) groups is 1. The number of Topliss-reactive ketones (excluding diaryl/α,β-unsaturated/α-hetero) is 1. The van der Waals surface area contributed by atoms with E-state index < -0.39 is 0 Å². The molecule has 0 saturated carbocycles. The molecule has 0 radical (unpaired) electrons. The standard InChI is InChI=1S/C15H24N2O/c1-6-12(4)15(16-11(2)3)17-9-7-8-14(17)10-13(5)18/h6,14H,2,7-10H2,1,3-5H3/b12-6-,16-15?/t14-/m0/s1. The summed E-state index contributed by atoms with van der Waals surface area (Å²) in [4.78, 5) is 18.2. The number of nitrogens with zero attached hydrogens (tertiary/aromatic N) is 2. The van der Waals surface area contributed by atoms with Gasteiger partial charge in [-0.15, -0.1) is 0 Å². The molecule has 1 rings (SSSR count). The van der Waals surface area contributed by atoms with Crippen molar-refractivity contribution in [1.29, 1.82) is 0 Å². The van der Waals surface area contributed by atoms with Gasteiger partial charge in [-0.1, -0.05) is 12.7 Å². The van der Waals surface area contributed by atoms with Gasteiger partial charge in [0, 0.05) is 24.7 Å². The second-order valence-corrected chi connectivity index (χ2v) is 5.04. The molecule has 1 aliphatic heterocycles. The van der Waals surface area contributed by atoms with E-state index in [4.69, 9.17) is 0 Å². The number of aliphatic imine (C=N–C) groups is 1. The van der Waals surface area contributed by atoms with Crippen LogP contribution in [0, 0.1) is 0 Å². The molecule has 3 nitrogen and oxygen atoms in total. The van der Waals surface area contributed by atoms with Crippen LogP contribution >= 0.6 is 0 Å². The highest BCUT2D eigenvalue weighted by Crippen LogP contribution is 2.23. The summed E-state index contributed by atoms with van der Waals surface area (Å²) in [7, 11) is 0. The zero-order chi connectivity index (χ0) is 13.7. The summed E-state index contributed by atoms with van der Waals surface area (Å²) in [5, 5.41) is 0. The number of allylic oxidation sites excluding steroid dienone is 2. The van der Waals surface area contributed by atoms with Crippen LogP contribution in [-0.2, 0) is 4.79 Å². The van der Waals surface area contributed by atoms with Gasteiger partial charge in [-0.3, -0.25) is 4.79 Å². The summed E-state index contributed by atoms with van der Waals surface area (Å²) in [5.41, 5.74) is 1.95. The maximum absolute atomic E-state index is 11.3. The molecule has 18 heavy (non-hydrogen) atoms. The van der Waals surface area contributed by atoms with E-state index in [1.54, 1.807) is 6.92 Å². The lowest BCUT2D eigenvalue weighted by molar-refractivity contribution is -0.117. The van der Waals surface area contributed by atoms with Crippen LogP contribution in [0.3, 0.4) is 0 Å². The van der Waals surface area contributed by atoms with Crippen molar-refractivity contribution in [1.82, 2.24) is 4.90 Å². The minimum absolute atomic E-state index is 0.250. The number of carbonyl (C=O) groups excluding carboxylic acids is 1. The molecule has 0 aromatic carbocycles. The number of hydrogen-bond acceptors (Lipinski definition) is 2. The van der Waals surface area contributed by atoms with Crippen LogP contribution in [0.2, 0.25) is 0 Å². The first kappa shape index (κ1) is 14.7. The fraction of sp³-hybridized carbons (Fsp3) is 0.600. The number of likely N-dealkylation sites (tertiary alicyclic amines) is 1. The Balaban J connectivity index is 2.98. The lowest BCUT2D eigenvalue weighted by Crippen LogP contribution is -2.37. The van der Waals surface area contributed by atoms with Crippen molar-refractivity contribution in [3.8, 4) is 0 Å². The predicted molar refractivity (Wildman–Crippen MR) is 76.7 cm³/mol. The summed E-state index contributed by atoms with van der Waals surface area (Å²) < 4.78 is 0. The Morgan fingerprint density at radius 1 is 1.44 bits per heavy atom.